The summed E-state index contributed by atoms with van der Waals surface area (Å²) in [6, 6.07) is 15.3. The van der Waals surface area contributed by atoms with Crippen molar-refractivity contribution in [3.63, 3.8) is 0 Å². The number of halogens is 1. The first-order valence-electron chi connectivity index (χ1n) is 20.8. The van der Waals surface area contributed by atoms with Gasteiger partial charge in [0.25, 0.3) is 0 Å². The van der Waals surface area contributed by atoms with Crippen LogP contribution in [0, 0.1) is 5.92 Å². The lowest BCUT2D eigenvalue weighted by Gasteiger charge is -2.35. The van der Waals surface area contributed by atoms with E-state index in [2.05, 4.69) is 43.0 Å². The van der Waals surface area contributed by atoms with E-state index in [1.165, 1.54) is 23.0 Å². The topological polar surface area (TPSA) is 176 Å². The van der Waals surface area contributed by atoms with Crippen molar-refractivity contribution >= 4 is 63.6 Å². The van der Waals surface area contributed by atoms with E-state index < -0.39 is 11.9 Å². The van der Waals surface area contributed by atoms with Gasteiger partial charge in [0.05, 0.1) is 58.3 Å². The first kappa shape index (κ1) is 39.5. The second kappa shape index (κ2) is 16.6. The highest BCUT2D eigenvalue weighted by Crippen LogP contribution is 2.41. The maximum atomic E-state index is 13.4. The van der Waals surface area contributed by atoms with Crippen molar-refractivity contribution in [1.82, 2.24) is 39.2 Å². The summed E-state index contributed by atoms with van der Waals surface area (Å²) in [6.07, 6.45) is 10.6. The molecule has 3 aromatic heterocycles. The molecule has 0 radical (unpaired) electrons. The number of hydrogen-bond donors (Lipinski definition) is 3. The maximum absolute atomic E-state index is 13.4. The fourth-order valence-corrected chi connectivity index (χ4v) is 9.11. The molecule has 0 spiro atoms. The second-order valence-corrected chi connectivity index (χ2v) is 16.9. The van der Waals surface area contributed by atoms with Crippen molar-refractivity contribution in [3.05, 3.63) is 93.8 Å². The number of hydrogen-bond acceptors (Lipinski definition) is 10. The molecule has 1 atom stereocenters. The van der Waals surface area contributed by atoms with Crippen LogP contribution >= 0.6 is 11.6 Å². The van der Waals surface area contributed by atoms with Gasteiger partial charge in [-0.1, -0.05) is 35.9 Å². The summed E-state index contributed by atoms with van der Waals surface area (Å²) in [7, 11) is 1.70. The number of aryl methyl sites for hydroxylation is 1. The van der Waals surface area contributed by atoms with E-state index in [4.69, 9.17) is 16.6 Å². The first-order valence-corrected chi connectivity index (χ1v) is 21.2. The molecule has 4 fully saturated rings. The SMILES string of the molecule is Cn1c(=O)n(C2CCC(=O)NC2=O)c2ccc(C3CCN(C(=O)CN4CCC(C(=O)Nc5cncc(Nc6ncc(Cl)c(-c7cccc(C8CC8)c7)n6)c5)CC4)CC3)cc21. The number of imidazole rings is 1. The van der Waals surface area contributed by atoms with Crippen molar-refractivity contribution in [2.24, 2.45) is 13.0 Å². The molecule has 6 heterocycles. The van der Waals surface area contributed by atoms with Crippen LogP contribution in [0.15, 0.2) is 71.9 Å². The number of aromatic nitrogens is 5. The number of amides is 4. The van der Waals surface area contributed by atoms with Gasteiger partial charge in [0, 0.05) is 38.0 Å². The van der Waals surface area contributed by atoms with E-state index >= 15 is 0 Å². The Balaban J connectivity index is 0.744. The van der Waals surface area contributed by atoms with Gasteiger partial charge in [-0.05, 0) is 105 Å². The van der Waals surface area contributed by atoms with Gasteiger partial charge >= 0.3 is 5.69 Å². The van der Waals surface area contributed by atoms with E-state index in [0.29, 0.717) is 85.0 Å². The largest absolute Gasteiger partial charge is 0.342 e. The third-order valence-electron chi connectivity index (χ3n) is 12.5. The zero-order chi connectivity index (χ0) is 41.5. The Morgan fingerprint density at radius 2 is 1.58 bits per heavy atom. The molecule has 3 N–H and O–H groups in total. The van der Waals surface area contributed by atoms with E-state index in [0.717, 1.165) is 29.5 Å². The Labute approximate surface area is 351 Å². The Morgan fingerprint density at radius 3 is 2.35 bits per heavy atom. The number of nitrogens with zero attached hydrogens (tertiary/aromatic N) is 7. The van der Waals surface area contributed by atoms with Crippen LogP contribution in [0.3, 0.4) is 0 Å². The Morgan fingerprint density at radius 1 is 0.833 bits per heavy atom. The van der Waals surface area contributed by atoms with Gasteiger partial charge in [0.15, 0.2) is 0 Å². The smallest absolute Gasteiger partial charge is 0.329 e. The van der Waals surface area contributed by atoms with Crippen LogP contribution in [0.1, 0.15) is 80.4 Å². The molecule has 1 unspecified atom stereocenters. The Kier molecular flexibility index (Phi) is 10.9. The number of carbonyl (C=O) groups is 4. The number of pyridine rings is 1. The lowest BCUT2D eigenvalue weighted by Crippen LogP contribution is -2.46. The van der Waals surface area contributed by atoms with Crippen molar-refractivity contribution < 1.29 is 19.2 Å². The molecule has 1 aliphatic carbocycles. The highest BCUT2D eigenvalue weighted by Gasteiger charge is 2.33. The number of anilines is 3. The Bertz CT molecular complexity index is 2550. The van der Waals surface area contributed by atoms with Crippen molar-refractivity contribution in [3.8, 4) is 11.3 Å². The van der Waals surface area contributed by atoms with E-state index in [-0.39, 0.29) is 48.1 Å². The molecule has 4 aliphatic rings. The number of benzene rings is 2. The molecule has 3 aliphatic heterocycles. The molecule has 16 heteroatoms. The average molecular weight is 831 g/mol. The van der Waals surface area contributed by atoms with Gasteiger partial charge in [0.2, 0.25) is 29.6 Å². The fourth-order valence-electron chi connectivity index (χ4n) is 8.91. The maximum Gasteiger partial charge on any atom is 0.329 e. The molecule has 15 nitrogen and oxygen atoms in total. The predicted molar refractivity (Wildman–Crippen MR) is 227 cm³/mol. The molecule has 1 saturated carbocycles. The fraction of sp³-hybridized carbons (Fsp3) is 0.409. The monoisotopic (exact) mass is 830 g/mol. The van der Waals surface area contributed by atoms with Crippen LogP contribution in [-0.4, -0.2) is 90.2 Å². The van der Waals surface area contributed by atoms with Crippen molar-refractivity contribution in [2.75, 3.05) is 43.4 Å². The Hall–Kier alpha value is -5.93. The van der Waals surface area contributed by atoms with Crippen LogP contribution in [0.25, 0.3) is 22.3 Å². The van der Waals surface area contributed by atoms with Crippen molar-refractivity contribution in [1.29, 1.82) is 0 Å². The molecule has 4 amide bonds. The summed E-state index contributed by atoms with van der Waals surface area (Å²) in [5.74, 6) is 0.268. The van der Waals surface area contributed by atoms with Crippen LogP contribution in [0.2, 0.25) is 5.02 Å². The third kappa shape index (κ3) is 8.28. The molecule has 9 rings (SSSR count). The van der Waals surface area contributed by atoms with Crippen LogP contribution in [0.5, 0.6) is 0 Å². The average Bonchev–Trinajstić information content (AvgIpc) is 4.08. The minimum Gasteiger partial charge on any atom is -0.342 e. The quantitative estimate of drug-likeness (QED) is 0.152. The summed E-state index contributed by atoms with van der Waals surface area (Å²) in [6.45, 7) is 2.89. The number of likely N-dealkylation sites (tertiary alicyclic amines) is 2. The highest BCUT2D eigenvalue weighted by atomic mass is 35.5. The highest BCUT2D eigenvalue weighted by molar-refractivity contribution is 6.32. The van der Waals surface area contributed by atoms with E-state index in [1.807, 2.05) is 35.2 Å². The second-order valence-electron chi connectivity index (χ2n) is 16.5. The van der Waals surface area contributed by atoms with Gasteiger partial charge in [-0.25, -0.2) is 14.8 Å². The standard InChI is InChI=1S/C44H47ClN10O5/c1-52-37-20-30(7-8-35(37)55(44(52)60)36-9-10-38(56)50-42(36)59)27-13-17-54(18-14-27)39(57)25-53-15-11-28(12-16-53)41(58)48-32-21-33(23-46-22-32)49-43-47-24-34(45)40(51-43)31-4-2-3-29(19-31)26-5-6-26/h2-4,7-8,19-24,26-28,36H,5-6,9-18,25H2,1H3,(H,48,58)(H,47,49,51)(H,50,56,59). The van der Waals surface area contributed by atoms with Gasteiger partial charge in [-0.3, -0.25) is 43.5 Å². The van der Waals surface area contributed by atoms with Gasteiger partial charge in [-0.2, -0.15) is 0 Å². The summed E-state index contributed by atoms with van der Waals surface area (Å²) >= 11 is 6.52. The zero-order valence-electron chi connectivity index (χ0n) is 33.4. The molecular weight excluding hydrogens is 784 g/mol. The zero-order valence-corrected chi connectivity index (χ0v) is 34.2. The first-order chi connectivity index (χ1) is 29.1. The normalized spacial score (nSPS) is 19.4. The number of fused-ring (bicyclic) bond motifs is 1. The van der Waals surface area contributed by atoms with Crippen molar-refractivity contribution in [2.45, 2.75) is 69.2 Å². The van der Waals surface area contributed by atoms with Gasteiger partial charge < -0.3 is 15.5 Å². The summed E-state index contributed by atoms with van der Waals surface area (Å²) < 4.78 is 3.06. The molecule has 5 aromatic rings. The van der Waals surface area contributed by atoms with E-state index in [9.17, 15) is 24.0 Å². The van der Waals surface area contributed by atoms with Crippen LogP contribution in [-0.2, 0) is 26.2 Å². The predicted octanol–water partition coefficient (Wildman–Crippen LogP) is 5.50. The van der Waals surface area contributed by atoms with Gasteiger partial charge in [0.1, 0.15) is 6.04 Å². The minimum absolute atomic E-state index is 0.0756. The lowest BCUT2D eigenvalue weighted by molar-refractivity contribution is -0.136. The summed E-state index contributed by atoms with van der Waals surface area (Å²) in [4.78, 5) is 81.7. The van der Waals surface area contributed by atoms with Crippen LogP contribution < -0.4 is 21.6 Å². The summed E-state index contributed by atoms with van der Waals surface area (Å²) in [5.41, 5.74) is 6.28. The van der Waals surface area contributed by atoms with Crippen LogP contribution in [0.4, 0.5) is 17.3 Å². The number of imide groups is 1. The molecule has 310 valence electrons. The number of nitrogens with one attached hydrogen (secondary N) is 3. The molecule has 3 saturated heterocycles. The van der Waals surface area contributed by atoms with E-state index in [1.54, 1.807) is 36.3 Å². The third-order valence-corrected chi connectivity index (χ3v) is 12.8. The number of carbonyl (C=O) groups excluding carboxylic acids is 4. The summed E-state index contributed by atoms with van der Waals surface area (Å²) in [5, 5.41) is 9.05. The number of piperidine rings is 3. The minimum atomic E-state index is -0.724. The molecular formula is C44H47ClN10O5. The number of rotatable bonds is 10. The lowest BCUT2D eigenvalue weighted by atomic mass is 9.89. The molecule has 60 heavy (non-hydrogen) atoms. The molecule has 0 bridgehead atoms. The van der Waals surface area contributed by atoms with Gasteiger partial charge in [-0.15, -0.1) is 0 Å². The molecule has 2 aromatic carbocycles.